The van der Waals surface area contributed by atoms with Crippen LogP contribution in [-0.2, 0) is 13.0 Å². The summed E-state index contributed by atoms with van der Waals surface area (Å²) in [5.74, 6) is 0. The van der Waals surface area contributed by atoms with E-state index in [-0.39, 0.29) is 0 Å². The molecule has 0 atom stereocenters. The third kappa shape index (κ3) is 1.67. The molecule has 2 nitrogen and oxygen atoms in total. The number of fused-ring (bicyclic) bond motifs is 5. The topological polar surface area (TPSA) is 17.8 Å². The highest BCUT2D eigenvalue weighted by Crippen LogP contribution is 2.14. The maximum Gasteiger partial charge on any atom is 0.0480 e. The highest BCUT2D eigenvalue weighted by atomic mass is 14.9. The Morgan fingerprint density at radius 1 is 1.06 bits per heavy atom. The van der Waals surface area contributed by atoms with Gasteiger partial charge in [0.25, 0.3) is 0 Å². The van der Waals surface area contributed by atoms with Crippen molar-refractivity contribution >= 4 is 10.9 Å². The lowest BCUT2D eigenvalue weighted by Crippen LogP contribution is -2.01. The molecule has 0 radical (unpaired) electrons. The van der Waals surface area contributed by atoms with Crippen LogP contribution in [0.1, 0.15) is 12.1 Å². The Labute approximate surface area is 94.9 Å². The minimum atomic E-state index is 1.06. The number of aryl methyl sites for hydroxylation is 2. The van der Waals surface area contributed by atoms with Gasteiger partial charge in [0.1, 0.15) is 0 Å². The molecule has 0 N–H and O–H groups in total. The lowest BCUT2D eigenvalue weighted by molar-refractivity contribution is 0.644. The van der Waals surface area contributed by atoms with Crippen LogP contribution in [0.25, 0.3) is 10.9 Å². The van der Waals surface area contributed by atoms with Gasteiger partial charge in [0.2, 0.25) is 0 Å². The maximum atomic E-state index is 4.45. The van der Waals surface area contributed by atoms with E-state index in [2.05, 4.69) is 52.1 Å². The van der Waals surface area contributed by atoms with Crippen molar-refractivity contribution in [2.45, 2.75) is 19.4 Å². The molecule has 0 fully saturated rings. The van der Waals surface area contributed by atoms with Crippen LogP contribution < -0.4 is 0 Å². The molecule has 2 aliphatic heterocycles. The Balaban J connectivity index is 2.46. The summed E-state index contributed by atoms with van der Waals surface area (Å²) in [5, 5.41) is 1.27. The van der Waals surface area contributed by atoms with Crippen molar-refractivity contribution in [1.82, 2.24) is 9.55 Å². The number of nitrogens with zero attached hydrogens (tertiary/aromatic N) is 2. The van der Waals surface area contributed by atoms with Crippen LogP contribution in [0.4, 0.5) is 0 Å². The largest absolute Gasteiger partial charge is 0.346 e. The first kappa shape index (κ1) is 9.40. The predicted octanol–water partition coefficient (Wildman–Crippen LogP) is 3.11. The molecule has 0 saturated carbocycles. The monoisotopic (exact) mass is 210 g/mol. The molecule has 0 amide bonds. The first-order chi connectivity index (χ1) is 7.93. The van der Waals surface area contributed by atoms with Gasteiger partial charge in [-0.1, -0.05) is 24.3 Å². The number of rotatable bonds is 0. The molecule has 16 heavy (non-hydrogen) atoms. The molecule has 1 aromatic carbocycles. The van der Waals surface area contributed by atoms with E-state index in [0.717, 1.165) is 19.4 Å². The van der Waals surface area contributed by atoms with Gasteiger partial charge in [-0.2, -0.15) is 0 Å². The van der Waals surface area contributed by atoms with Crippen molar-refractivity contribution in [2.75, 3.05) is 0 Å². The van der Waals surface area contributed by atoms with Crippen LogP contribution in [0.3, 0.4) is 0 Å². The van der Waals surface area contributed by atoms with Gasteiger partial charge in [0.15, 0.2) is 0 Å². The minimum Gasteiger partial charge on any atom is -0.346 e. The fourth-order valence-electron chi connectivity index (χ4n) is 2.18. The Morgan fingerprint density at radius 2 is 2.00 bits per heavy atom. The summed E-state index contributed by atoms with van der Waals surface area (Å²) in [6.07, 6.45) is 6.19. The molecular weight excluding hydrogens is 196 g/mol. The van der Waals surface area contributed by atoms with Gasteiger partial charge in [0, 0.05) is 30.1 Å². The molecule has 3 heterocycles. The first-order valence-electron chi connectivity index (χ1n) is 5.70. The Morgan fingerprint density at radius 3 is 3.00 bits per heavy atom. The maximum absolute atomic E-state index is 4.45. The lowest BCUT2D eigenvalue weighted by Gasteiger charge is -2.08. The fourth-order valence-corrected chi connectivity index (χ4v) is 2.18. The van der Waals surface area contributed by atoms with Crippen LogP contribution in [-0.4, -0.2) is 9.55 Å². The second kappa shape index (κ2) is 3.97. The normalized spacial score (nSPS) is 13.5. The minimum absolute atomic E-state index is 1.06. The Kier molecular flexibility index (Phi) is 2.33. The van der Waals surface area contributed by atoms with E-state index in [1.807, 2.05) is 6.20 Å². The molecule has 2 bridgehead atoms. The van der Waals surface area contributed by atoms with Crippen molar-refractivity contribution in [3.05, 3.63) is 54.5 Å². The molecule has 1 aromatic heterocycles. The zero-order chi connectivity index (χ0) is 10.8. The van der Waals surface area contributed by atoms with Gasteiger partial charge < -0.3 is 4.57 Å². The molecule has 0 aliphatic carbocycles. The summed E-state index contributed by atoms with van der Waals surface area (Å²) in [4.78, 5) is 4.45. The van der Waals surface area contributed by atoms with Crippen LogP contribution in [0.5, 0.6) is 0 Å². The van der Waals surface area contributed by atoms with Crippen molar-refractivity contribution < 1.29 is 0 Å². The number of hydrogen-bond acceptors (Lipinski definition) is 1. The van der Waals surface area contributed by atoms with Crippen LogP contribution in [0.15, 0.2) is 48.8 Å². The lowest BCUT2D eigenvalue weighted by atomic mass is 10.2. The quantitative estimate of drug-likeness (QED) is 0.653. The second-order valence-corrected chi connectivity index (χ2v) is 4.11. The van der Waals surface area contributed by atoms with Crippen molar-refractivity contribution in [2.24, 2.45) is 0 Å². The van der Waals surface area contributed by atoms with E-state index < -0.39 is 0 Å². The molecule has 0 unspecified atom stereocenters. The van der Waals surface area contributed by atoms with Gasteiger partial charge in [-0.05, 0) is 30.4 Å². The zero-order valence-corrected chi connectivity index (χ0v) is 9.13. The zero-order valence-electron chi connectivity index (χ0n) is 9.13. The van der Waals surface area contributed by atoms with Gasteiger partial charge in [-0.15, -0.1) is 0 Å². The molecule has 80 valence electrons. The van der Waals surface area contributed by atoms with E-state index in [9.17, 15) is 0 Å². The fraction of sp³-hybridized carbons (Fsp3) is 0.214. The molecule has 2 aromatic rings. The van der Waals surface area contributed by atoms with Crippen molar-refractivity contribution in [1.29, 1.82) is 0 Å². The standard InChI is InChI=1S/C14H14N2/c1-2-6-14-12(4-1)7-8-13-5-3-10-16(14)11-9-15-13/h1-2,4,6-9,11H,3,5,10H2. The average molecular weight is 210 g/mol. The summed E-state index contributed by atoms with van der Waals surface area (Å²) >= 11 is 0. The van der Waals surface area contributed by atoms with E-state index in [1.165, 1.54) is 16.6 Å². The van der Waals surface area contributed by atoms with E-state index in [1.54, 1.807) is 0 Å². The molecule has 0 spiro atoms. The molecule has 0 saturated heterocycles. The van der Waals surface area contributed by atoms with Crippen LogP contribution in [0.2, 0.25) is 0 Å². The van der Waals surface area contributed by atoms with E-state index in [4.69, 9.17) is 0 Å². The third-order valence-electron chi connectivity index (χ3n) is 3.02. The highest BCUT2D eigenvalue weighted by molar-refractivity contribution is 5.78. The molecule has 4 rings (SSSR count). The summed E-state index contributed by atoms with van der Waals surface area (Å²) < 4.78 is 2.28. The average Bonchev–Trinajstić information content (AvgIpc) is 2.41. The molecular formula is C14H14N2. The van der Waals surface area contributed by atoms with Crippen LogP contribution >= 0.6 is 0 Å². The smallest absolute Gasteiger partial charge is 0.0480 e. The molecule has 2 heteroatoms. The Bertz CT molecular complexity index is 568. The summed E-state index contributed by atoms with van der Waals surface area (Å²) in [6.45, 7) is 1.06. The van der Waals surface area contributed by atoms with E-state index >= 15 is 0 Å². The van der Waals surface area contributed by atoms with Gasteiger partial charge in [-0.25, -0.2) is 0 Å². The van der Waals surface area contributed by atoms with Gasteiger partial charge in [0.05, 0.1) is 0 Å². The first-order valence-corrected chi connectivity index (χ1v) is 5.70. The number of hydrogen-bond donors (Lipinski definition) is 0. The summed E-state index contributed by atoms with van der Waals surface area (Å²) in [6, 6.07) is 12.8. The summed E-state index contributed by atoms with van der Waals surface area (Å²) in [5.41, 5.74) is 2.45. The number of benzene rings is 1. The second-order valence-electron chi connectivity index (χ2n) is 4.11. The summed E-state index contributed by atoms with van der Waals surface area (Å²) in [7, 11) is 0. The van der Waals surface area contributed by atoms with Gasteiger partial charge in [-0.3, -0.25) is 4.98 Å². The SMILES string of the molecule is c1ccc2c(c1)ccc1nccn2CCC1. The van der Waals surface area contributed by atoms with Gasteiger partial charge >= 0.3 is 0 Å². The van der Waals surface area contributed by atoms with Crippen molar-refractivity contribution in [3.63, 3.8) is 0 Å². The number of aromatic nitrogens is 2. The van der Waals surface area contributed by atoms with Crippen LogP contribution in [0, 0.1) is 0 Å². The van der Waals surface area contributed by atoms with Crippen molar-refractivity contribution in [3.8, 4) is 0 Å². The Hall–Kier alpha value is -1.83. The number of para-hydroxylation sites is 1. The molecule has 2 aliphatic rings. The highest BCUT2D eigenvalue weighted by Gasteiger charge is 2.00. The predicted molar refractivity (Wildman–Crippen MR) is 65.7 cm³/mol. The van der Waals surface area contributed by atoms with E-state index in [0.29, 0.717) is 0 Å². The third-order valence-corrected chi connectivity index (χ3v) is 3.02.